The minimum absolute atomic E-state index is 0.184. The fraction of sp³-hybridized carbons (Fsp3) is 0.450. The van der Waals surface area contributed by atoms with E-state index in [1.807, 2.05) is 38.1 Å². The van der Waals surface area contributed by atoms with Crippen LogP contribution in [-0.2, 0) is 16.8 Å². The van der Waals surface area contributed by atoms with Gasteiger partial charge in [0, 0.05) is 32.2 Å². The van der Waals surface area contributed by atoms with Crippen LogP contribution in [0.2, 0.25) is 0 Å². The van der Waals surface area contributed by atoms with Gasteiger partial charge in [-0.25, -0.2) is 4.39 Å². The lowest BCUT2D eigenvalue weighted by Gasteiger charge is -2.27. The highest BCUT2D eigenvalue weighted by Crippen LogP contribution is 2.24. The van der Waals surface area contributed by atoms with Crippen LogP contribution in [0.5, 0.6) is 0 Å². The first-order valence-corrected chi connectivity index (χ1v) is 8.82. The van der Waals surface area contributed by atoms with Gasteiger partial charge in [-0.05, 0) is 30.2 Å². The molecule has 0 fully saturated rings. The summed E-state index contributed by atoms with van der Waals surface area (Å²) in [6.45, 7) is 6.44. The quantitative estimate of drug-likeness (QED) is 0.408. The smallest absolute Gasteiger partial charge is 0.191 e. The minimum atomic E-state index is -0.352. The predicted octanol–water partition coefficient (Wildman–Crippen LogP) is 3.47. The molecule has 2 N–H and O–H groups in total. The predicted molar refractivity (Wildman–Crippen MR) is 102 cm³/mol. The summed E-state index contributed by atoms with van der Waals surface area (Å²) in [6, 6.07) is 10.6. The van der Waals surface area contributed by atoms with Crippen molar-refractivity contribution in [1.82, 2.24) is 10.6 Å². The Kier molecular flexibility index (Phi) is 7.66. The van der Waals surface area contributed by atoms with Crippen molar-refractivity contribution in [3.05, 3.63) is 59.8 Å². The van der Waals surface area contributed by atoms with Crippen LogP contribution in [-0.4, -0.2) is 32.7 Å². The van der Waals surface area contributed by atoms with Crippen LogP contribution in [0.1, 0.15) is 31.6 Å². The lowest BCUT2D eigenvalue weighted by molar-refractivity contribution is 0.105. The second-order valence-corrected chi connectivity index (χ2v) is 6.70. The average molecular weight is 361 g/mol. The number of furan rings is 1. The first kappa shape index (κ1) is 20.0. The van der Waals surface area contributed by atoms with Crippen LogP contribution in [0.25, 0.3) is 0 Å². The highest BCUT2D eigenvalue weighted by Gasteiger charge is 2.24. The maximum absolute atomic E-state index is 14.0. The van der Waals surface area contributed by atoms with E-state index in [0.717, 1.165) is 18.7 Å². The zero-order valence-electron chi connectivity index (χ0n) is 15.7. The molecular weight excluding hydrogens is 333 g/mol. The number of hydrogen-bond donors (Lipinski definition) is 2. The number of halogens is 1. The number of hydrogen-bond acceptors (Lipinski definition) is 3. The summed E-state index contributed by atoms with van der Waals surface area (Å²) in [5.74, 6) is 1.34. The molecule has 0 bridgehead atoms. The van der Waals surface area contributed by atoms with E-state index in [4.69, 9.17) is 9.15 Å². The average Bonchev–Trinajstić information content (AvgIpc) is 3.14. The topological polar surface area (TPSA) is 58.8 Å². The Hall–Kier alpha value is -2.34. The van der Waals surface area contributed by atoms with Crippen molar-refractivity contribution < 1.29 is 13.5 Å². The fourth-order valence-electron chi connectivity index (χ4n) is 2.58. The van der Waals surface area contributed by atoms with E-state index in [-0.39, 0.29) is 11.2 Å². The largest absolute Gasteiger partial charge is 0.467 e. The molecule has 0 aliphatic carbocycles. The van der Waals surface area contributed by atoms with E-state index in [0.29, 0.717) is 31.3 Å². The lowest BCUT2D eigenvalue weighted by Crippen LogP contribution is -2.44. The molecule has 1 aromatic carbocycles. The number of nitrogens with one attached hydrogen (secondary N) is 2. The number of nitrogens with zero attached hydrogens (tertiary/aromatic N) is 1. The summed E-state index contributed by atoms with van der Waals surface area (Å²) in [5.41, 5.74) is 0.337. The van der Waals surface area contributed by atoms with Crippen molar-refractivity contribution in [3.63, 3.8) is 0 Å². The molecule has 6 heteroatoms. The Bertz CT molecular complexity index is 684. The maximum Gasteiger partial charge on any atom is 0.191 e. The van der Waals surface area contributed by atoms with Crippen LogP contribution >= 0.6 is 0 Å². The molecule has 0 amide bonds. The molecule has 142 valence electrons. The molecule has 1 heterocycles. The van der Waals surface area contributed by atoms with Crippen molar-refractivity contribution in [1.29, 1.82) is 0 Å². The van der Waals surface area contributed by atoms with Crippen LogP contribution in [0.3, 0.4) is 0 Å². The van der Waals surface area contributed by atoms with Gasteiger partial charge in [0.2, 0.25) is 0 Å². The Morgan fingerprint density at radius 1 is 1.19 bits per heavy atom. The highest BCUT2D eigenvalue weighted by molar-refractivity contribution is 5.79. The van der Waals surface area contributed by atoms with Gasteiger partial charge < -0.3 is 19.8 Å². The zero-order chi connectivity index (χ0) is 18.8. The maximum atomic E-state index is 14.0. The van der Waals surface area contributed by atoms with Crippen LogP contribution in [0.4, 0.5) is 4.39 Å². The third-order valence-electron chi connectivity index (χ3n) is 4.11. The first-order valence-electron chi connectivity index (χ1n) is 8.82. The molecule has 0 spiro atoms. The Morgan fingerprint density at radius 2 is 2.00 bits per heavy atom. The number of rotatable bonds is 9. The fourth-order valence-corrected chi connectivity index (χ4v) is 2.58. The van der Waals surface area contributed by atoms with E-state index in [1.165, 1.54) is 6.07 Å². The van der Waals surface area contributed by atoms with E-state index in [9.17, 15) is 4.39 Å². The molecular formula is C20H28FN3O2. The Balaban J connectivity index is 1.68. The zero-order valence-corrected chi connectivity index (χ0v) is 15.7. The van der Waals surface area contributed by atoms with E-state index < -0.39 is 0 Å². The van der Waals surface area contributed by atoms with E-state index in [1.54, 1.807) is 19.4 Å². The summed E-state index contributed by atoms with van der Waals surface area (Å²) in [4.78, 5) is 4.21. The third kappa shape index (κ3) is 6.19. The Morgan fingerprint density at radius 3 is 2.69 bits per heavy atom. The minimum Gasteiger partial charge on any atom is -0.467 e. The van der Waals surface area contributed by atoms with Crippen molar-refractivity contribution in [3.8, 4) is 0 Å². The molecule has 0 saturated carbocycles. The van der Waals surface area contributed by atoms with Gasteiger partial charge in [-0.2, -0.15) is 0 Å². The molecule has 5 nitrogen and oxygen atoms in total. The van der Waals surface area contributed by atoms with Gasteiger partial charge >= 0.3 is 0 Å². The summed E-state index contributed by atoms with van der Waals surface area (Å²) in [7, 11) is 1.72. The molecule has 2 aromatic rings. The second-order valence-electron chi connectivity index (χ2n) is 6.70. The van der Waals surface area contributed by atoms with Gasteiger partial charge in [-0.15, -0.1) is 0 Å². The number of guanidine groups is 1. The molecule has 0 aliphatic heterocycles. The SMILES string of the molecule is CN=C(NCCCOCc1ccco1)NCC(C)(C)c1ccccc1F. The first-order chi connectivity index (χ1) is 12.5. The van der Waals surface area contributed by atoms with Gasteiger partial charge in [0.1, 0.15) is 18.2 Å². The van der Waals surface area contributed by atoms with Gasteiger partial charge in [0.05, 0.1) is 6.26 Å². The van der Waals surface area contributed by atoms with Crippen LogP contribution in [0, 0.1) is 5.82 Å². The second kappa shape index (κ2) is 9.97. The Labute approximate surface area is 154 Å². The van der Waals surface area contributed by atoms with Crippen LogP contribution in [0.15, 0.2) is 52.1 Å². The van der Waals surface area contributed by atoms with Gasteiger partial charge in [-0.3, -0.25) is 4.99 Å². The number of aliphatic imine (C=N–C) groups is 1. The van der Waals surface area contributed by atoms with Crippen molar-refractivity contribution in [2.75, 3.05) is 26.7 Å². The number of benzene rings is 1. The van der Waals surface area contributed by atoms with Gasteiger partial charge in [0.25, 0.3) is 0 Å². The molecule has 0 aliphatic rings. The molecule has 0 atom stereocenters. The lowest BCUT2D eigenvalue weighted by atomic mass is 9.84. The monoisotopic (exact) mass is 361 g/mol. The molecule has 0 radical (unpaired) electrons. The van der Waals surface area contributed by atoms with Gasteiger partial charge in [-0.1, -0.05) is 32.0 Å². The summed E-state index contributed by atoms with van der Waals surface area (Å²) >= 11 is 0. The van der Waals surface area contributed by atoms with Gasteiger partial charge in [0.15, 0.2) is 5.96 Å². The summed E-state index contributed by atoms with van der Waals surface area (Å²) in [5, 5.41) is 6.51. The van der Waals surface area contributed by atoms with Crippen LogP contribution < -0.4 is 10.6 Å². The molecule has 2 rings (SSSR count). The standard InChI is InChI=1S/C20H28FN3O2/c1-20(2,17-9-4-5-10-18(17)21)15-24-19(22-3)23-11-7-12-25-14-16-8-6-13-26-16/h4-6,8-10,13H,7,11-12,14-15H2,1-3H3,(H2,22,23,24). The van der Waals surface area contributed by atoms with Crippen molar-refractivity contribution in [2.45, 2.75) is 32.3 Å². The molecule has 0 unspecified atom stereocenters. The molecule has 1 aromatic heterocycles. The van der Waals surface area contributed by atoms with E-state index >= 15 is 0 Å². The highest BCUT2D eigenvalue weighted by atomic mass is 19.1. The summed E-state index contributed by atoms with van der Waals surface area (Å²) in [6.07, 6.45) is 2.48. The third-order valence-corrected chi connectivity index (χ3v) is 4.11. The molecule has 0 saturated heterocycles. The molecule has 26 heavy (non-hydrogen) atoms. The van der Waals surface area contributed by atoms with Crippen molar-refractivity contribution >= 4 is 5.96 Å². The van der Waals surface area contributed by atoms with E-state index in [2.05, 4.69) is 15.6 Å². The summed E-state index contributed by atoms with van der Waals surface area (Å²) < 4.78 is 24.8. The number of ether oxygens (including phenoxy) is 1. The normalized spacial score (nSPS) is 12.2. The van der Waals surface area contributed by atoms with Crippen molar-refractivity contribution in [2.24, 2.45) is 4.99 Å².